The number of amides is 1. The molecule has 1 fully saturated rings. The van der Waals surface area contributed by atoms with Crippen LogP contribution in [-0.2, 0) is 4.74 Å². The van der Waals surface area contributed by atoms with Gasteiger partial charge in [-0.05, 0) is 60.7 Å². The Labute approximate surface area is 183 Å². The molecule has 0 saturated carbocycles. The molecule has 1 saturated heterocycles. The van der Waals surface area contributed by atoms with Gasteiger partial charge in [-0.1, -0.05) is 18.2 Å². The van der Waals surface area contributed by atoms with Gasteiger partial charge in [-0.2, -0.15) is 0 Å². The number of carbonyl (C=O) groups excluding carboxylic acids is 1. The Kier molecular flexibility index (Phi) is 6.50. The van der Waals surface area contributed by atoms with Gasteiger partial charge in [0.05, 0.1) is 24.6 Å². The summed E-state index contributed by atoms with van der Waals surface area (Å²) in [6.45, 7) is 3.08. The first-order chi connectivity index (χ1) is 15.1. The van der Waals surface area contributed by atoms with Crippen LogP contribution in [0.1, 0.15) is 10.4 Å². The third-order valence-electron chi connectivity index (χ3n) is 5.29. The fourth-order valence-corrected chi connectivity index (χ4v) is 3.60. The van der Waals surface area contributed by atoms with Gasteiger partial charge in [-0.15, -0.1) is 0 Å². The van der Waals surface area contributed by atoms with E-state index in [-0.39, 0.29) is 5.91 Å². The minimum Gasteiger partial charge on any atom is -0.379 e. The minimum atomic E-state index is -0.119. The summed E-state index contributed by atoms with van der Waals surface area (Å²) < 4.78 is 5.53. The molecule has 1 N–H and O–H groups in total. The maximum absolute atomic E-state index is 12.6. The minimum absolute atomic E-state index is 0.119. The first-order valence-electron chi connectivity index (χ1n) is 10.5. The number of anilines is 4. The topological polar surface area (TPSA) is 48.1 Å². The molecule has 4 rings (SSSR count). The maximum atomic E-state index is 12.6. The molecule has 1 amide bonds. The van der Waals surface area contributed by atoms with E-state index in [0.29, 0.717) is 18.8 Å². The summed E-state index contributed by atoms with van der Waals surface area (Å²) in [4.78, 5) is 14.6. The second-order valence-corrected chi connectivity index (χ2v) is 7.66. The summed E-state index contributed by atoms with van der Waals surface area (Å²) in [6, 6.07) is 25.8. The fourth-order valence-electron chi connectivity index (χ4n) is 3.60. The van der Waals surface area contributed by atoms with Crippen molar-refractivity contribution in [2.75, 3.05) is 55.6 Å². The molecule has 0 aliphatic carbocycles. The predicted octanol–water partition coefficient (Wildman–Crippen LogP) is 4.39. The summed E-state index contributed by atoms with van der Waals surface area (Å²) in [5, 5.41) is 7.49. The van der Waals surface area contributed by atoms with Crippen molar-refractivity contribution in [1.82, 2.24) is 5.01 Å². The van der Waals surface area contributed by atoms with E-state index in [0.717, 1.165) is 35.8 Å². The van der Waals surface area contributed by atoms with E-state index in [2.05, 4.69) is 27.5 Å². The lowest BCUT2D eigenvalue weighted by atomic mass is 10.1. The van der Waals surface area contributed by atoms with Crippen LogP contribution in [-0.4, -0.2) is 51.3 Å². The molecule has 0 atom stereocenters. The van der Waals surface area contributed by atoms with Crippen molar-refractivity contribution in [1.29, 1.82) is 0 Å². The van der Waals surface area contributed by atoms with Crippen molar-refractivity contribution in [2.45, 2.75) is 0 Å². The molecule has 3 aromatic carbocycles. The van der Waals surface area contributed by atoms with E-state index >= 15 is 0 Å². The van der Waals surface area contributed by atoms with Crippen molar-refractivity contribution in [3.63, 3.8) is 0 Å². The molecule has 0 aromatic heterocycles. The van der Waals surface area contributed by atoms with Gasteiger partial charge in [-0.3, -0.25) is 9.80 Å². The molecule has 0 bridgehead atoms. The molecule has 1 aliphatic rings. The Morgan fingerprint density at radius 1 is 0.806 bits per heavy atom. The summed E-state index contributed by atoms with van der Waals surface area (Å²) in [5.41, 5.74) is 4.60. The van der Waals surface area contributed by atoms with E-state index in [9.17, 15) is 4.79 Å². The molecule has 0 spiro atoms. The van der Waals surface area contributed by atoms with Gasteiger partial charge >= 0.3 is 0 Å². The third kappa shape index (κ3) is 5.05. The number of benzene rings is 3. The lowest BCUT2D eigenvalue weighted by molar-refractivity contribution is 0.0378. The van der Waals surface area contributed by atoms with Crippen LogP contribution >= 0.6 is 0 Å². The molecular weight excluding hydrogens is 388 g/mol. The molecule has 0 unspecified atom stereocenters. The van der Waals surface area contributed by atoms with Crippen LogP contribution < -0.4 is 15.2 Å². The van der Waals surface area contributed by atoms with Crippen molar-refractivity contribution in [2.24, 2.45) is 0 Å². The molecule has 0 radical (unpaired) electrons. The number of nitrogens with one attached hydrogen (secondary N) is 1. The molecule has 1 heterocycles. The fraction of sp³-hybridized carbons (Fsp3) is 0.240. The third-order valence-corrected chi connectivity index (χ3v) is 5.29. The van der Waals surface area contributed by atoms with Crippen LogP contribution in [0.4, 0.5) is 22.7 Å². The first kappa shape index (κ1) is 20.9. The van der Waals surface area contributed by atoms with Crippen molar-refractivity contribution < 1.29 is 9.53 Å². The largest absolute Gasteiger partial charge is 0.379 e. The van der Waals surface area contributed by atoms with Gasteiger partial charge in [0.2, 0.25) is 0 Å². The van der Waals surface area contributed by atoms with Crippen LogP contribution in [0.15, 0.2) is 78.9 Å². The van der Waals surface area contributed by atoms with E-state index < -0.39 is 0 Å². The highest BCUT2D eigenvalue weighted by Crippen LogP contribution is 2.29. The maximum Gasteiger partial charge on any atom is 0.255 e. The van der Waals surface area contributed by atoms with Gasteiger partial charge in [0.25, 0.3) is 5.91 Å². The lowest BCUT2D eigenvalue weighted by Gasteiger charge is -2.38. The number of hydrogen-bond donors (Lipinski definition) is 1. The number of para-hydroxylation sites is 1. The highest BCUT2D eigenvalue weighted by Gasteiger charge is 2.20. The van der Waals surface area contributed by atoms with Gasteiger partial charge in [0.15, 0.2) is 0 Å². The summed E-state index contributed by atoms with van der Waals surface area (Å²) >= 11 is 0. The molecule has 160 valence electrons. The smallest absolute Gasteiger partial charge is 0.255 e. The highest BCUT2D eigenvalue weighted by atomic mass is 16.5. The number of ether oxygens (including phenoxy) is 1. The number of carbonyl (C=O) groups is 1. The number of morpholine rings is 1. The van der Waals surface area contributed by atoms with Gasteiger partial charge in [0, 0.05) is 44.1 Å². The number of hydrazine groups is 1. The molecular formula is C25H28N4O2. The number of hydrogen-bond acceptors (Lipinski definition) is 5. The second kappa shape index (κ2) is 9.64. The van der Waals surface area contributed by atoms with Crippen LogP contribution in [0, 0.1) is 0 Å². The van der Waals surface area contributed by atoms with Gasteiger partial charge in [0.1, 0.15) is 0 Å². The second-order valence-electron chi connectivity index (χ2n) is 7.66. The normalized spacial score (nSPS) is 14.1. The van der Waals surface area contributed by atoms with Crippen LogP contribution in [0.5, 0.6) is 0 Å². The monoisotopic (exact) mass is 416 g/mol. The van der Waals surface area contributed by atoms with Crippen molar-refractivity contribution >= 4 is 28.7 Å². The van der Waals surface area contributed by atoms with E-state index in [1.165, 1.54) is 0 Å². The standard InChI is InChI=1S/C25H28N4O2/c1-27(2)22-12-8-20(9-13-22)25(30)26-21-10-14-24(15-11-21)29(23-6-4-3-5-7-23)28-16-18-31-19-17-28/h3-15H,16-19H2,1-2H3,(H,26,30). The number of rotatable bonds is 6. The van der Waals surface area contributed by atoms with Crippen LogP contribution in [0.25, 0.3) is 0 Å². The first-order valence-corrected chi connectivity index (χ1v) is 10.5. The number of nitrogens with zero attached hydrogens (tertiary/aromatic N) is 3. The zero-order valence-electron chi connectivity index (χ0n) is 18.0. The van der Waals surface area contributed by atoms with Crippen molar-refractivity contribution in [3.05, 3.63) is 84.4 Å². The van der Waals surface area contributed by atoms with Gasteiger partial charge < -0.3 is 15.0 Å². The lowest BCUT2D eigenvalue weighted by Crippen LogP contribution is -2.46. The van der Waals surface area contributed by atoms with Crippen molar-refractivity contribution in [3.8, 4) is 0 Å². The Hall–Kier alpha value is -3.35. The summed E-state index contributed by atoms with van der Waals surface area (Å²) in [6.07, 6.45) is 0. The quantitative estimate of drug-likeness (QED) is 0.646. The zero-order valence-corrected chi connectivity index (χ0v) is 18.0. The average Bonchev–Trinajstić information content (AvgIpc) is 2.82. The van der Waals surface area contributed by atoms with E-state index in [4.69, 9.17) is 4.74 Å². The van der Waals surface area contributed by atoms with Crippen LogP contribution in [0.2, 0.25) is 0 Å². The van der Waals surface area contributed by atoms with Gasteiger partial charge in [-0.25, -0.2) is 5.01 Å². The Morgan fingerprint density at radius 3 is 2.00 bits per heavy atom. The SMILES string of the molecule is CN(C)c1ccc(C(=O)Nc2ccc(N(c3ccccc3)N3CCOCC3)cc2)cc1. The highest BCUT2D eigenvalue weighted by molar-refractivity contribution is 6.04. The summed E-state index contributed by atoms with van der Waals surface area (Å²) in [7, 11) is 3.96. The average molecular weight is 417 g/mol. The Bertz CT molecular complexity index is 982. The Morgan fingerprint density at radius 2 is 1.39 bits per heavy atom. The van der Waals surface area contributed by atoms with E-state index in [1.807, 2.05) is 85.7 Å². The predicted molar refractivity (Wildman–Crippen MR) is 126 cm³/mol. The molecule has 3 aromatic rings. The Balaban J connectivity index is 1.50. The molecule has 6 heteroatoms. The van der Waals surface area contributed by atoms with Crippen LogP contribution in [0.3, 0.4) is 0 Å². The molecule has 31 heavy (non-hydrogen) atoms. The zero-order chi connectivity index (χ0) is 21.6. The summed E-state index contributed by atoms with van der Waals surface area (Å²) in [5.74, 6) is -0.119. The molecule has 6 nitrogen and oxygen atoms in total. The molecule has 1 aliphatic heterocycles. The van der Waals surface area contributed by atoms with E-state index in [1.54, 1.807) is 0 Å².